The van der Waals surface area contributed by atoms with Crippen molar-refractivity contribution in [3.05, 3.63) is 169 Å². The number of hydrogen-bond donors (Lipinski definition) is 4. The van der Waals surface area contributed by atoms with Crippen LogP contribution in [-0.4, -0.2) is 79.7 Å². The molecule has 84 heavy (non-hydrogen) atoms. The molecular formula is C66H36N16O2. The summed E-state index contributed by atoms with van der Waals surface area (Å²) in [7, 11) is 0. The third kappa shape index (κ3) is 6.66. The third-order valence-corrected chi connectivity index (χ3v) is 16.1. The van der Waals surface area contributed by atoms with E-state index in [9.17, 15) is 0 Å². The lowest BCUT2D eigenvalue weighted by Gasteiger charge is -1.99. The topological polar surface area (TPSA) is 244 Å². The van der Waals surface area contributed by atoms with Gasteiger partial charge in [-0.25, -0.2) is 59.8 Å². The summed E-state index contributed by atoms with van der Waals surface area (Å²) >= 11 is 0. The van der Waals surface area contributed by atoms with Crippen molar-refractivity contribution in [1.82, 2.24) is 79.7 Å². The minimum Gasteiger partial charge on any atom is -0.457 e. The van der Waals surface area contributed by atoms with Gasteiger partial charge >= 0.3 is 0 Å². The summed E-state index contributed by atoms with van der Waals surface area (Å²) < 4.78 is 13.7. The molecule has 19 rings (SSSR count). The van der Waals surface area contributed by atoms with Crippen LogP contribution in [-0.2, 0) is 0 Å². The average Bonchev–Trinajstić information content (AvgIpc) is 4.53. The second-order valence-corrected chi connectivity index (χ2v) is 21.4. The van der Waals surface area contributed by atoms with Gasteiger partial charge in [-0.15, -0.1) is 0 Å². The Morgan fingerprint density at radius 2 is 0.560 bits per heavy atom. The van der Waals surface area contributed by atoms with E-state index in [1.54, 1.807) is 0 Å². The smallest absolute Gasteiger partial charge is 0.164 e. The molecule has 9 aromatic heterocycles. The van der Waals surface area contributed by atoms with Gasteiger partial charge in [0.05, 0.1) is 0 Å². The highest BCUT2D eigenvalue weighted by molar-refractivity contribution is 6.13. The predicted octanol–water partition coefficient (Wildman–Crippen LogP) is 14.9. The van der Waals surface area contributed by atoms with Gasteiger partial charge in [0.2, 0.25) is 0 Å². The first-order valence-electron chi connectivity index (χ1n) is 27.3. The van der Waals surface area contributed by atoms with E-state index in [1.807, 2.05) is 121 Å². The van der Waals surface area contributed by atoms with Crippen LogP contribution in [0.4, 0.5) is 0 Å². The standard InChI is InChI=1S/C66H36N16O2/c1-29-11-17-39-45(23-29)61-74-55(39)72-59-43-21-15-33-27-49(43)65(78-59)82-66-50-28-34(16-22-44(50)60(79-66)73-56-40-18-12-30(2)24-46(40)62(75-56)80-61)84-32-14-20-42-48(26-32)64-77-58(42)71-54-38-10-6-4-8-36(38)52(69-54)67-51-35-7-3-5-9-37(35)53(68-51)70-57-41-19-13-31(83-33)25-47(41)63(76-57)81-64/h3-28H,1-2H3,(H2,67,68,69,70,71,76,77,81)(H2,72,73,74,75,78,79,80,82). The number of hydrogen-bond acceptors (Lipinski definition) is 14. The molecule has 4 N–H and O–H groups in total. The molecule has 11 heterocycles. The Kier molecular flexibility index (Phi) is 8.74. The second kappa shape index (κ2) is 16.4. The number of rotatable bonds is 0. The molecule has 17 aromatic rings. The van der Waals surface area contributed by atoms with Crippen molar-refractivity contribution in [3.8, 4) is 45.6 Å². The number of nitrogens with zero attached hydrogens (tertiary/aromatic N) is 12. The Bertz CT molecular complexity index is 6190. The molecule has 0 amide bonds. The molecule has 392 valence electrons. The molecule has 8 aromatic carbocycles. The van der Waals surface area contributed by atoms with Crippen molar-refractivity contribution in [2.24, 2.45) is 0 Å². The minimum absolute atomic E-state index is 0.408. The molecule has 18 heteroatoms. The molecule has 0 spiro atoms. The molecule has 18 nitrogen and oxygen atoms in total. The van der Waals surface area contributed by atoms with Gasteiger partial charge in [-0.2, -0.15) is 0 Å². The van der Waals surface area contributed by atoms with E-state index < -0.39 is 0 Å². The molecule has 0 saturated carbocycles. The Morgan fingerprint density at radius 1 is 0.238 bits per heavy atom. The molecule has 0 atom stereocenters. The maximum Gasteiger partial charge on any atom is 0.164 e. The summed E-state index contributed by atoms with van der Waals surface area (Å²) in [5.41, 5.74) is 14.0. The van der Waals surface area contributed by atoms with Crippen molar-refractivity contribution < 1.29 is 8.83 Å². The normalized spacial score (nSPS) is 12.4. The predicted molar refractivity (Wildman–Crippen MR) is 327 cm³/mol. The first-order valence-corrected chi connectivity index (χ1v) is 27.3. The van der Waals surface area contributed by atoms with Crippen LogP contribution < -0.4 is 0 Å². The van der Waals surface area contributed by atoms with E-state index in [0.717, 1.165) is 87.2 Å². The first kappa shape index (κ1) is 44.9. The van der Waals surface area contributed by atoms with E-state index >= 15 is 0 Å². The van der Waals surface area contributed by atoms with Crippen molar-refractivity contribution in [2.45, 2.75) is 13.8 Å². The minimum atomic E-state index is 0.408. The van der Waals surface area contributed by atoms with Crippen molar-refractivity contribution in [2.75, 3.05) is 0 Å². The number of H-pyrrole nitrogens is 4. The Balaban J connectivity index is 0.970. The Morgan fingerprint density at radius 3 is 1.05 bits per heavy atom. The fourth-order valence-corrected chi connectivity index (χ4v) is 12.2. The molecule has 2 aliphatic rings. The van der Waals surface area contributed by atoms with E-state index in [1.165, 1.54) is 0 Å². The lowest BCUT2D eigenvalue weighted by Crippen LogP contribution is -1.83. The van der Waals surface area contributed by atoms with Gasteiger partial charge in [-0.3, -0.25) is 0 Å². The van der Waals surface area contributed by atoms with Gasteiger partial charge in [-0.1, -0.05) is 83.9 Å². The van der Waals surface area contributed by atoms with Crippen LogP contribution in [0.3, 0.4) is 0 Å². The number of fused-ring (bicyclic) bond motifs is 32. The summed E-state index contributed by atoms with van der Waals surface area (Å²) in [5.74, 6) is 2.06. The highest BCUT2D eigenvalue weighted by Crippen LogP contribution is 2.39. The fraction of sp³-hybridized carbons (Fsp3) is 0.0303. The average molecular weight is 1090 g/mol. The fourth-order valence-electron chi connectivity index (χ4n) is 12.2. The lowest BCUT2D eigenvalue weighted by atomic mass is 10.1. The maximum absolute atomic E-state index is 6.87. The van der Waals surface area contributed by atoms with Gasteiger partial charge in [-0.05, 0) is 98.8 Å². The van der Waals surface area contributed by atoms with Gasteiger partial charge in [0.25, 0.3) is 0 Å². The zero-order valence-electron chi connectivity index (χ0n) is 44.2. The maximum atomic E-state index is 6.87. The van der Waals surface area contributed by atoms with E-state index in [4.69, 9.17) is 68.6 Å². The zero-order chi connectivity index (χ0) is 55.1. The van der Waals surface area contributed by atoms with Crippen LogP contribution in [0.2, 0.25) is 0 Å². The van der Waals surface area contributed by atoms with Gasteiger partial charge in [0, 0.05) is 86.9 Å². The van der Waals surface area contributed by atoms with Crippen LogP contribution in [0.5, 0.6) is 0 Å². The third-order valence-electron chi connectivity index (χ3n) is 16.1. The van der Waals surface area contributed by atoms with Crippen molar-refractivity contribution >= 4 is 155 Å². The van der Waals surface area contributed by atoms with E-state index in [2.05, 4.69) is 70.2 Å². The molecule has 2 aliphatic heterocycles. The zero-order valence-corrected chi connectivity index (χ0v) is 44.2. The lowest BCUT2D eigenvalue weighted by molar-refractivity contribution is 0.656. The van der Waals surface area contributed by atoms with Crippen LogP contribution in [0.15, 0.2) is 167 Å². The van der Waals surface area contributed by atoms with Crippen molar-refractivity contribution in [3.63, 3.8) is 0 Å². The Hall–Kier alpha value is -11.9. The first-order chi connectivity index (χ1) is 41.3. The van der Waals surface area contributed by atoms with Gasteiger partial charge in [0.1, 0.15) is 67.5 Å². The summed E-state index contributed by atoms with van der Waals surface area (Å²) in [6.07, 6.45) is 0. The largest absolute Gasteiger partial charge is 0.457 e. The molecule has 0 radical (unpaired) electrons. The van der Waals surface area contributed by atoms with Crippen LogP contribution in [0.25, 0.3) is 200 Å². The van der Waals surface area contributed by atoms with E-state index in [-0.39, 0.29) is 0 Å². The van der Waals surface area contributed by atoms with E-state index in [0.29, 0.717) is 124 Å². The molecule has 24 bridgehead atoms. The number of benzene rings is 8. The monoisotopic (exact) mass is 1080 g/mol. The highest BCUT2D eigenvalue weighted by atomic mass is 16.3. The molecule has 0 saturated heterocycles. The quantitative estimate of drug-likeness (QED) is 0.110. The van der Waals surface area contributed by atoms with Crippen LogP contribution >= 0.6 is 0 Å². The summed E-state index contributed by atoms with van der Waals surface area (Å²) in [6.45, 7) is 4.13. The van der Waals surface area contributed by atoms with Crippen molar-refractivity contribution in [1.29, 1.82) is 0 Å². The molecular weight excluding hydrogens is 1050 g/mol. The van der Waals surface area contributed by atoms with Crippen LogP contribution in [0.1, 0.15) is 11.1 Å². The second-order valence-electron chi connectivity index (χ2n) is 21.4. The molecule has 0 unspecified atom stereocenters. The van der Waals surface area contributed by atoms with Crippen LogP contribution in [0, 0.1) is 13.8 Å². The summed E-state index contributed by atoms with van der Waals surface area (Å²) in [6, 6.07) is 51.9. The summed E-state index contributed by atoms with van der Waals surface area (Å²) in [5, 5.41) is 9.48. The molecule has 0 fully saturated rings. The summed E-state index contributed by atoms with van der Waals surface area (Å²) in [4.78, 5) is 77.1. The van der Waals surface area contributed by atoms with Gasteiger partial charge in [0.15, 0.2) is 45.9 Å². The Labute approximate surface area is 469 Å². The molecule has 0 aliphatic carbocycles. The number of aromatic nitrogens is 16. The number of nitrogens with one attached hydrogen (secondary N) is 4. The van der Waals surface area contributed by atoms with Gasteiger partial charge < -0.3 is 28.8 Å². The number of aryl methyl sites for hydroxylation is 2. The highest BCUT2D eigenvalue weighted by Gasteiger charge is 2.23. The SMILES string of the molecule is Cc1ccc2c(c1)-c1nc-2nc2[nH]c3nc4nc(nc5[nH]c(n1)c1cc(C)ccc51)c1ccc(cc41)oc1ccc4c5nc6nc(nc7[nH]c(nc8nc(nc([nH]5)c4c1)c1cc(ccc81)oc1ccc2c3c1)c1ccccc71)-c1ccccc1-6. The number of aromatic amines is 4.